The maximum absolute atomic E-state index is 12.4. The second-order valence-corrected chi connectivity index (χ2v) is 5.45. The molecule has 0 aliphatic carbocycles. The predicted octanol–water partition coefficient (Wildman–Crippen LogP) is 2.22. The zero-order chi connectivity index (χ0) is 17.8. The van der Waals surface area contributed by atoms with Crippen molar-refractivity contribution in [3.63, 3.8) is 0 Å². The number of phenols is 1. The number of hydrogen-bond donors (Lipinski definition) is 2. The van der Waals surface area contributed by atoms with Gasteiger partial charge in [-0.25, -0.2) is 4.68 Å². The summed E-state index contributed by atoms with van der Waals surface area (Å²) in [6.07, 6.45) is 0. The molecular weight excluding hydrogens is 320 g/mol. The van der Waals surface area contributed by atoms with E-state index in [1.807, 2.05) is 24.3 Å². The number of para-hydroxylation sites is 1. The molecule has 0 fully saturated rings. The number of ether oxygens (including phenoxy) is 1. The van der Waals surface area contributed by atoms with Crippen molar-refractivity contribution in [1.82, 2.24) is 20.3 Å². The summed E-state index contributed by atoms with van der Waals surface area (Å²) in [6.45, 7) is 1.98. The Morgan fingerprint density at radius 2 is 2.04 bits per heavy atom. The maximum Gasteiger partial charge on any atom is 0.274 e. The van der Waals surface area contributed by atoms with Gasteiger partial charge in [0, 0.05) is 18.2 Å². The molecule has 7 heteroatoms. The molecule has 0 bridgehead atoms. The van der Waals surface area contributed by atoms with Crippen LogP contribution in [0.15, 0.2) is 48.5 Å². The van der Waals surface area contributed by atoms with E-state index in [0.717, 1.165) is 5.69 Å². The van der Waals surface area contributed by atoms with Crippen molar-refractivity contribution in [3.05, 3.63) is 65.5 Å². The molecule has 0 atom stereocenters. The predicted molar refractivity (Wildman–Crippen MR) is 91.9 cm³/mol. The highest BCUT2D eigenvalue weighted by atomic mass is 16.5. The van der Waals surface area contributed by atoms with Crippen LogP contribution >= 0.6 is 0 Å². The van der Waals surface area contributed by atoms with E-state index in [1.165, 1.54) is 0 Å². The van der Waals surface area contributed by atoms with Gasteiger partial charge in [0.05, 0.1) is 18.5 Å². The number of nitrogens with zero attached hydrogens (tertiary/aromatic N) is 3. The number of benzene rings is 2. The van der Waals surface area contributed by atoms with E-state index >= 15 is 0 Å². The molecule has 1 heterocycles. The van der Waals surface area contributed by atoms with Crippen molar-refractivity contribution in [2.24, 2.45) is 0 Å². The first-order valence-corrected chi connectivity index (χ1v) is 7.72. The lowest BCUT2D eigenvalue weighted by Gasteiger charge is -2.07. The molecule has 0 aliphatic heterocycles. The summed E-state index contributed by atoms with van der Waals surface area (Å²) in [5.74, 6) is 0.479. The van der Waals surface area contributed by atoms with Gasteiger partial charge in [0.2, 0.25) is 0 Å². The Kier molecular flexibility index (Phi) is 4.65. The summed E-state index contributed by atoms with van der Waals surface area (Å²) in [4.78, 5) is 12.4. The first kappa shape index (κ1) is 16.5. The normalized spacial score (nSPS) is 10.5. The summed E-state index contributed by atoms with van der Waals surface area (Å²) in [5, 5.41) is 20.5. The lowest BCUT2D eigenvalue weighted by Crippen LogP contribution is -2.24. The van der Waals surface area contributed by atoms with Gasteiger partial charge in [0.15, 0.2) is 5.69 Å². The van der Waals surface area contributed by atoms with E-state index in [0.29, 0.717) is 17.0 Å². The van der Waals surface area contributed by atoms with Crippen LogP contribution in [0, 0.1) is 6.92 Å². The fourth-order valence-corrected chi connectivity index (χ4v) is 2.45. The van der Waals surface area contributed by atoms with E-state index in [9.17, 15) is 9.90 Å². The van der Waals surface area contributed by atoms with Gasteiger partial charge in [0.25, 0.3) is 5.91 Å². The Balaban J connectivity index is 1.78. The summed E-state index contributed by atoms with van der Waals surface area (Å²) in [7, 11) is 1.59. The van der Waals surface area contributed by atoms with E-state index in [-0.39, 0.29) is 23.9 Å². The number of rotatable bonds is 5. The molecule has 7 nitrogen and oxygen atoms in total. The first-order chi connectivity index (χ1) is 12.1. The number of carbonyl (C=O) groups excluding carboxylic acids is 1. The number of nitrogens with one attached hydrogen (secondary N) is 1. The van der Waals surface area contributed by atoms with Crippen LogP contribution in [0.1, 0.15) is 21.7 Å². The minimum Gasteiger partial charge on any atom is -0.508 e. The van der Waals surface area contributed by atoms with Crippen LogP contribution in [0.5, 0.6) is 11.5 Å². The van der Waals surface area contributed by atoms with Gasteiger partial charge in [-0.3, -0.25) is 4.79 Å². The molecule has 0 aliphatic rings. The van der Waals surface area contributed by atoms with Crippen molar-refractivity contribution in [2.75, 3.05) is 7.11 Å². The molecule has 2 N–H and O–H groups in total. The van der Waals surface area contributed by atoms with Crippen LogP contribution in [0.2, 0.25) is 0 Å². The average molecular weight is 338 g/mol. The molecule has 0 saturated heterocycles. The smallest absolute Gasteiger partial charge is 0.274 e. The van der Waals surface area contributed by atoms with Crippen LogP contribution in [0.3, 0.4) is 0 Å². The molecular formula is C18H18N4O3. The lowest BCUT2D eigenvalue weighted by molar-refractivity contribution is 0.0945. The Labute approximate surface area is 144 Å². The molecule has 1 amide bonds. The molecule has 3 rings (SSSR count). The van der Waals surface area contributed by atoms with Gasteiger partial charge in [-0.15, -0.1) is 5.10 Å². The van der Waals surface area contributed by atoms with Crippen LogP contribution in [0.4, 0.5) is 0 Å². The summed E-state index contributed by atoms with van der Waals surface area (Å²) in [6, 6.07) is 14.2. The van der Waals surface area contributed by atoms with Gasteiger partial charge in [-0.1, -0.05) is 29.5 Å². The number of amides is 1. The third-order valence-electron chi connectivity index (χ3n) is 3.84. The first-order valence-electron chi connectivity index (χ1n) is 7.72. The van der Waals surface area contributed by atoms with Gasteiger partial charge >= 0.3 is 0 Å². The second-order valence-electron chi connectivity index (χ2n) is 5.45. The van der Waals surface area contributed by atoms with Crippen LogP contribution in [-0.2, 0) is 6.54 Å². The third kappa shape index (κ3) is 3.45. The third-order valence-corrected chi connectivity index (χ3v) is 3.84. The number of phenolic OH excluding ortho intramolecular Hbond substituents is 1. The maximum atomic E-state index is 12.4. The molecule has 25 heavy (non-hydrogen) atoms. The zero-order valence-corrected chi connectivity index (χ0v) is 13.9. The number of methoxy groups -OCH3 is 1. The van der Waals surface area contributed by atoms with Crippen LogP contribution in [-0.4, -0.2) is 33.1 Å². The van der Waals surface area contributed by atoms with E-state index in [4.69, 9.17) is 4.74 Å². The average Bonchev–Trinajstić information content (AvgIpc) is 3.02. The standard InChI is InChI=1S/C18H18N4O3/c1-12-17(18(24)19-11-13-6-3-4-9-16(13)23)20-21-22(12)14-7-5-8-15(10-14)25-2/h3-10,23H,11H2,1-2H3,(H,19,24). The highest BCUT2D eigenvalue weighted by molar-refractivity contribution is 5.93. The van der Waals surface area contributed by atoms with Crippen molar-refractivity contribution >= 4 is 5.91 Å². The SMILES string of the molecule is COc1cccc(-n2nnc(C(=O)NCc3ccccc3O)c2C)c1. The van der Waals surface area contributed by atoms with Gasteiger partial charge in [-0.2, -0.15) is 0 Å². The molecule has 0 radical (unpaired) electrons. The Hall–Kier alpha value is -3.35. The molecule has 0 spiro atoms. The van der Waals surface area contributed by atoms with Crippen molar-refractivity contribution in [1.29, 1.82) is 0 Å². The summed E-state index contributed by atoms with van der Waals surface area (Å²) >= 11 is 0. The fraction of sp³-hybridized carbons (Fsp3) is 0.167. The quantitative estimate of drug-likeness (QED) is 0.744. The number of carbonyl (C=O) groups is 1. The summed E-state index contributed by atoms with van der Waals surface area (Å²) in [5.41, 5.74) is 2.24. The van der Waals surface area contributed by atoms with Crippen molar-refractivity contribution in [2.45, 2.75) is 13.5 Å². The number of aromatic nitrogens is 3. The Morgan fingerprint density at radius 3 is 2.80 bits per heavy atom. The monoisotopic (exact) mass is 338 g/mol. The molecule has 2 aromatic carbocycles. The highest BCUT2D eigenvalue weighted by Crippen LogP contribution is 2.18. The highest BCUT2D eigenvalue weighted by Gasteiger charge is 2.17. The van der Waals surface area contributed by atoms with Crippen LogP contribution < -0.4 is 10.1 Å². The number of aromatic hydroxyl groups is 1. The largest absolute Gasteiger partial charge is 0.508 e. The van der Waals surface area contributed by atoms with Crippen LogP contribution in [0.25, 0.3) is 5.69 Å². The fourth-order valence-electron chi connectivity index (χ4n) is 2.45. The van der Waals surface area contributed by atoms with E-state index in [2.05, 4.69) is 15.6 Å². The lowest BCUT2D eigenvalue weighted by atomic mass is 10.2. The van der Waals surface area contributed by atoms with E-state index < -0.39 is 0 Å². The van der Waals surface area contributed by atoms with E-state index in [1.54, 1.807) is 43.0 Å². The second kappa shape index (κ2) is 7.04. The Bertz CT molecular complexity index is 905. The zero-order valence-electron chi connectivity index (χ0n) is 13.9. The van der Waals surface area contributed by atoms with Gasteiger partial charge in [-0.05, 0) is 25.1 Å². The van der Waals surface area contributed by atoms with Crippen molar-refractivity contribution in [3.8, 4) is 17.2 Å². The minimum absolute atomic E-state index is 0.138. The summed E-state index contributed by atoms with van der Waals surface area (Å²) < 4.78 is 6.79. The molecule has 0 saturated carbocycles. The molecule has 128 valence electrons. The minimum atomic E-state index is -0.352. The van der Waals surface area contributed by atoms with Gasteiger partial charge < -0.3 is 15.2 Å². The molecule has 3 aromatic rings. The molecule has 0 unspecified atom stereocenters. The Morgan fingerprint density at radius 1 is 1.24 bits per heavy atom. The topological polar surface area (TPSA) is 89.3 Å². The molecule has 1 aromatic heterocycles. The van der Waals surface area contributed by atoms with Gasteiger partial charge in [0.1, 0.15) is 11.5 Å². The number of hydrogen-bond acceptors (Lipinski definition) is 5. The van der Waals surface area contributed by atoms with Crippen molar-refractivity contribution < 1.29 is 14.6 Å².